The first-order valence-electron chi connectivity index (χ1n) is 6.83. The quantitative estimate of drug-likeness (QED) is 0.776. The summed E-state index contributed by atoms with van der Waals surface area (Å²) in [5, 5.41) is 2.59. The van der Waals surface area contributed by atoms with Crippen LogP contribution in [0.3, 0.4) is 0 Å². The van der Waals surface area contributed by atoms with E-state index in [1.165, 1.54) is 20.1 Å². The van der Waals surface area contributed by atoms with E-state index < -0.39 is 12.1 Å². The van der Waals surface area contributed by atoms with E-state index in [0.717, 1.165) is 0 Å². The zero-order valence-electron chi connectivity index (χ0n) is 12.8. The number of ether oxygens (including phenoxy) is 3. The molecule has 116 valence electrons. The van der Waals surface area contributed by atoms with Crippen LogP contribution in [0.4, 0.5) is 0 Å². The zero-order chi connectivity index (χ0) is 15.8. The zero-order valence-corrected chi connectivity index (χ0v) is 12.8. The Kier molecular flexibility index (Phi) is 6.52. The minimum absolute atomic E-state index is 0.298. The third-order valence-electron chi connectivity index (χ3n) is 2.70. The van der Waals surface area contributed by atoms with Crippen LogP contribution in [-0.4, -0.2) is 38.2 Å². The molecule has 21 heavy (non-hydrogen) atoms. The van der Waals surface area contributed by atoms with Crippen LogP contribution in [0.15, 0.2) is 18.2 Å². The third kappa shape index (κ3) is 4.66. The number of rotatable bonds is 7. The van der Waals surface area contributed by atoms with E-state index in [2.05, 4.69) is 5.32 Å². The highest BCUT2D eigenvalue weighted by molar-refractivity contribution is 5.92. The number of hydrogen-bond donors (Lipinski definition) is 1. The van der Waals surface area contributed by atoms with Gasteiger partial charge in [-0.05, 0) is 39.0 Å². The van der Waals surface area contributed by atoms with Crippen LogP contribution in [0, 0.1) is 0 Å². The van der Waals surface area contributed by atoms with Crippen LogP contribution in [0.1, 0.15) is 31.1 Å². The van der Waals surface area contributed by atoms with Crippen molar-refractivity contribution in [3.63, 3.8) is 0 Å². The normalized spacial score (nSPS) is 11.4. The Labute approximate surface area is 124 Å². The van der Waals surface area contributed by atoms with Crippen LogP contribution in [0.2, 0.25) is 0 Å². The first kappa shape index (κ1) is 16.8. The molecule has 1 rings (SSSR count). The van der Waals surface area contributed by atoms with E-state index in [-0.39, 0.29) is 5.91 Å². The molecule has 1 amide bonds. The van der Waals surface area contributed by atoms with E-state index in [4.69, 9.17) is 14.2 Å². The van der Waals surface area contributed by atoms with Crippen LogP contribution in [-0.2, 0) is 9.53 Å². The van der Waals surface area contributed by atoms with E-state index in [9.17, 15) is 9.59 Å². The number of hydrogen-bond acceptors (Lipinski definition) is 5. The molecular formula is C15H21NO5. The van der Waals surface area contributed by atoms with E-state index in [1.54, 1.807) is 19.1 Å². The maximum absolute atomic E-state index is 12.0. The molecule has 1 atom stereocenters. The van der Waals surface area contributed by atoms with Gasteiger partial charge in [0.2, 0.25) is 0 Å². The van der Waals surface area contributed by atoms with Gasteiger partial charge in [0.05, 0.1) is 19.3 Å². The van der Waals surface area contributed by atoms with E-state index in [1.807, 2.05) is 6.92 Å². The van der Waals surface area contributed by atoms with E-state index >= 15 is 0 Å². The summed E-state index contributed by atoms with van der Waals surface area (Å²) in [7, 11) is 1.49. The molecule has 0 saturated carbocycles. The second kappa shape index (κ2) is 8.14. The molecule has 0 aliphatic rings. The van der Waals surface area contributed by atoms with Gasteiger partial charge in [0.25, 0.3) is 5.91 Å². The maximum Gasteiger partial charge on any atom is 0.339 e. The van der Waals surface area contributed by atoms with Gasteiger partial charge in [0.15, 0.2) is 17.6 Å². The lowest BCUT2D eigenvalue weighted by molar-refractivity contribution is -0.128. The van der Waals surface area contributed by atoms with Crippen molar-refractivity contribution in [2.45, 2.75) is 26.9 Å². The summed E-state index contributed by atoms with van der Waals surface area (Å²) >= 11 is 0. The Morgan fingerprint density at radius 2 is 1.95 bits per heavy atom. The molecule has 0 bridgehead atoms. The molecule has 0 unspecified atom stereocenters. The van der Waals surface area contributed by atoms with Crippen LogP contribution in [0.25, 0.3) is 0 Å². The number of carbonyl (C=O) groups excluding carboxylic acids is 2. The lowest BCUT2D eigenvalue weighted by atomic mass is 10.2. The highest BCUT2D eigenvalue weighted by atomic mass is 16.5. The Morgan fingerprint density at radius 3 is 2.52 bits per heavy atom. The van der Waals surface area contributed by atoms with Gasteiger partial charge in [-0.2, -0.15) is 0 Å². The smallest absolute Gasteiger partial charge is 0.339 e. The molecule has 0 fully saturated rings. The van der Waals surface area contributed by atoms with Gasteiger partial charge >= 0.3 is 5.97 Å². The molecule has 1 N–H and O–H groups in total. The first-order valence-corrected chi connectivity index (χ1v) is 6.83. The van der Waals surface area contributed by atoms with Crippen LogP contribution < -0.4 is 14.8 Å². The second-order valence-corrected chi connectivity index (χ2v) is 4.24. The van der Waals surface area contributed by atoms with Crippen molar-refractivity contribution in [2.75, 3.05) is 20.3 Å². The number of nitrogens with one attached hydrogen (secondary N) is 1. The Morgan fingerprint density at radius 1 is 1.24 bits per heavy atom. The molecule has 0 aromatic heterocycles. The molecule has 0 radical (unpaired) electrons. The fourth-order valence-corrected chi connectivity index (χ4v) is 1.67. The predicted molar refractivity (Wildman–Crippen MR) is 77.7 cm³/mol. The Bertz CT molecular complexity index is 501. The van der Waals surface area contributed by atoms with Crippen molar-refractivity contribution >= 4 is 11.9 Å². The SMILES string of the molecule is CCNC(=O)[C@@H](C)OC(=O)c1ccc(OCC)c(OC)c1. The van der Waals surface area contributed by atoms with Crippen molar-refractivity contribution in [2.24, 2.45) is 0 Å². The minimum Gasteiger partial charge on any atom is -0.493 e. The number of benzene rings is 1. The first-order chi connectivity index (χ1) is 10.0. The summed E-state index contributed by atoms with van der Waals surface area (Å²) in [6.07, 6.45) is -0.852. The van der Waals surface area contributed by atoms with Crippen molar-refractivity contribution < 1.29 is 23.8 Å². The molecule has 0 spiro atoms. The molecule has 6 heteroatoms. The monoisotopic (exact) mass is 295 g/mol. The molecule has 0 heterocycles. The molecule has 1 aromatic rings. The van der Waals surface area contributed by atoms with Crippen molar-refractivity contribution in [3.8, 4) is 11.5 Å². The number of likely N-dealkylation sites (N-methyl/N-ethyl adjacent to an activating group) is 1. The fourth-order valence-electron chi connectivity index (χ4n) is 1.67. The number of esters is 1. The van der Waals surface area contributed by atoms with Crippen LogP contribution >= 0.6 is 0 Å². The molecule has 0 saturated heterocycles. The summed E-state index contributed by atoms with van der Waals surface area (Å²) in [5.41, 5.74) is 0.298. The molecule has 6 nitrogen and oxygen atoms in total. The summed E-state index contributed by atoms with van der Waals surface area (Å²) in [4.78, 5) is 23.5. The van der Waals surface area contributed by atoms with Gasteiger partial charge in [-0.25, -0.2) is 4.79 Å². The lowest BCUT2D eigenvalue weighted by Gasteiger charge is -2.14. The fraction of sp³-hybridized carbons (Fsp3) is 0.467. The van der Waals surface area contributed by atoms with Gasteiger partial charge in [0.1, 0.15) is 0 Å². The Hall–Kier alpha value is -2.24. The molecule has 0 aliphatic carbocycles. The summed E-state index contributed by atoms with van der Waals surface area (Å²) in [6, 6.07) is 4.73. The average molecular weight is 295 g/mol. The van der Waals surface area contributed by atoms with Gasteiger partial charge < -0.3 is 19.5 Å². The van der Waals surface area contributed by atoms with Gasteiger partial charge in [-0.3, -0.25) is 4.79 Å². The predicted octanol–water partition coefficient (Wildman–Crippen LogP) is 1.78. The highest BCUT2D eigenvalue weighted by Crippen LogP contribution is 2.28. The standard InChI is InChI=1S/C15H21NO5/c1-5-16-14(17)10(3)21-15(18)11-7-8-12(20-6-2)13(9-11)19-4/h7-10H,5-6H2,1-4H3,(H,16,17)/t10-/m1/s1. The molecular weight excluding hydrogens is 274 g/mol. The minimum atomic E-state index is -0.852. The summed E-state index contributed by atoms with van der Waals surface area (Å²) in [5.74, 6) is 0.0733. The van der Waals surface area contributed by atoms with Crippen LogP contribution in [0.5, 0.6) is 11.5 Å². The van der Waals surface area contributed by atoms with Gasteiger partial charge in [0, 0.05) is 6.54 Å². The summed E-state index contributed by atoms with van der Waals surface area (Å²) in [6.45, 7) is 6.15. The van der Waals surface area contributed by atoms with Crippen molar-refractivity contribution in [3.05, 3.63) is 23.8 Å². The second-order valence-electron chi connectivity index (χ2n) is 4.24. The maximum atomic E-state index is 12.0. The van der Waals surface area contributed by atoms with Gasteiger partial charge in [-0.1, -0.05) is 0 Å². The highest BCUT2D eigenvalue weighted by Gasteiger charge is 2.19. The Balaban J connectivity index is 2.81. The average Bonchev–Trinajstić information content (AvgIpc) is 2.48. The third-order valence-corrected chi connectivity index (χ3v) is 2.70. The molecule has 0 aliphatic heterocycles. The van der Waals surface area contributed by atoms with Crippen molar-refractivity contribution in [1.82, 2.24) is 5.32 Å². The number of methoxy groups -OCH3 is 1. The number of amides is 1. The number of carbonyl (C=O) groups is 2. The summed E-state index contributed by atoms with van der Waals surface area (Å²) < 4.78 is 15.6. The largest absolute Gasteiger partial charge is 0.493 e. The lowest BCUT2D eigenvalue weighted by Crippen LogP contribution is -2.35. The van der Waals surface area contributed by atoms with Gasteiger partial charge in [-0.15, -0.1) is 0 Å². The molecule has 1 aromatic carbocycles. The van der Waals surface area contributed by atoms with Crippen molar-refractivity contribution in [1.29, 1.82) is 0 Å². The topological polar surface area (TPSA) is 73.9 Å². The van der Waals surface area contributed by atoms with E-state index in [0.29, 0.717) is 30.2 Å².